The Kier molecular flexibility index (Phi) is 4.94. The van der Waals surface area contributed by atoms with Crippen LogP contribution in [-0.4, -0.2) is 12.9 Å². The van der Waals surface area contributed by atoms with E-state index in [1.165, 1.54) is 0 Å². The largest absolute Gasteiger partial charge is 0.497 e. The first-order valence-electron chi connectivity index (χ1n) is 6.47. The van der Waals surface area contributed by atoms with Gasteiger partial charge in [-0.2, -0.15) is 0 Å². The number of carbonyl (C=O) groups is 1. The third-order valence-corrected chi connectivity index (χ3v) is 3.55. The fraction of sp³-hybridized carbons (Fsp3) is 0.562. The lowest BCUT2D eigenvalue weighted by Crippen LogP contribution is -2.21. The molecule has 1 unspecified atom stereocenters. The maximum absolute atomic E-state index is 12.0. The van der Waals surface area contributed by atoms with Gasteiger partial charge in [0, 0.05) is 12.8 Å². The third-order valence-electron chi connectivity index (χ3n) is 3.55. The lowest BCUT2D eigenvalue weighted by atomic mass is 9.79. The zero-order chi connectivity index (χ0) is 13.8. The quantitative estimate of drug-likeness (QED) is 0.790. The fourth-order valence-corrected chi connectivity index (χ4v) is 1.73. The molecule has 0 aliphatic heterocycles. The molecular formula is C16H24O2. The summed E-state index contributed by atoms with van der Waals surface area (Å²) in [5, 5.41) is 0. The number of Topliss-reactive ketones (excluding diaryl/α,β-unsaturated/α-hetero) is 1. The molecule has 0 aromatic heterocycles. The van der Waals surface area contributed by atoms with Gasteiger partial charge in [-0.1, -0.05) is 39.8 Å². The van der Waals surface area contributed by atoms with Crippen molar-refractivity contribution >= 4 is 5.78 Å². The molecule has 18 heavy (non-hydrogen) atoms. The summed E-state index contributed by atoms with van der Waals surface area (Å²) in [7, 11) is 1.64. The van der Waals surface area contributed by atoms with Crippen LogP contribution in [0.25, 0.3) is 0 Å². The van der Waals surface area contributed by atoms with Gasteiger partial charge in [-0.05, 0) is 29.0 Å². The molecule has 1 aromatic rings. The first kappa shape index (κ1) is 14.7. The molecule has 0 heterocycles. The van der Waals surface area contributed by atoms with Crippen molar-refractivity contribution in [2.24, 2.45) is 11.3 Å². The molecule has 0 fully saturated rings. The van der Waals surface area contributed by atoms with Crippen LogP contribution in [0.5, 0.6) is 5.75 Å². The van der Waals surface area contributed by atoms with Crippen LogP contribution in [-0.2, 0) is 11.2 Å². The zero-order valence-electron chi connectivity index (χ0n) is 12.1. The Hall–Kier alpha value is -1.31. The van der Waals surface area contributed by atoms with Crippen molar-refractivity contribution in [2.45, 2.75) is 40.5 Å². The minimum absolute atomic E-state index is 0.185. The molecule has 2 nitrogen and oxygen atoms in total. The van der Waals surface area contributed by atoms with Crippen LogP contribution < -0.4 is 4.74 Å². The highest BCUT2D eigenvalue weighted by atomic mass is 16.5. The molecule has 0 radical (unpaired) electrons. The van der Waals surface area contributed by atoms with Crippen molar-refractivity contribution in [1.29, 1.82) is 0 Å². The SMILES string of the molecule is COc1cccc(CC(=O)CC(C)C(C)(C)C)c1. The number of rotatable bonds is 5. The molecule has 0 bridgehead atoms. The van der Waals surface area contributed by atoms with E-state index in [1.807, 2.05) is 24.3 Å². The normalized spacial score (nSPS) is 13.2. The van der Waals surface area contributed by atoms with E-state index in [4.69, 9.17) is 4.74 Å². The second-order valence-corrected chi connectivity index (χ2v) is 6.04. The van der Waals surface area contributed by atoms with Crippen LogP contribution >= 0.6 is 0 Å². The highest BCUT2D eigenvalue weighted by molar-refractivity contribution is 5.81. The van der Waals surface area contributed by atoms with E-state index >= 15 is 0 Å². The van der Waals surface area contributed by atoms with Crippen LogP contribution in [0.2, 0.25) is 0 Å². The number of methoxy groups -OCH3 is 1. The molecule has 100 valence electrons. The molecule has 0 saturated carbocycles. The minimum atomic E-state index is 0.185. The molecule has 0 aliphatic rings. The van der Waals surface area contributed by atoms with E-state index in [1.54, 1.807) is 7.11 Å². The number of ketones is 1. The predicted octanol–water partition coefficient (Wildman–Crippen LogP) is 3.88. The summed E-state index contributed by atoms with van der Waals surface area (Å²) >= 11 is 0. The summed E-state index contributed by atoms with van der Waals surface area (Å²) in [6.45, 7) is 8.67. The number of ether oxygens (including phenoxy) is 1. The van der Waals surface area contributed by atoms with E-state index in [2.05, 4.69) is 27.7 Å². The van der Waals surface area contributed by atoms with Crippen molar-refractivity contribution in [1.82, 2.24) is 0 Å². The first-order valence-corrected chi connectivity index (χ1v) is 6.47. The molecule has 0 aliphatic carbocycles. The number of carbonyl (C=O) groups excluding carboxylic acids is 1. The average molecular weight is 248 g/mol. The molecule has 1 rings (SSSR count). The van der Waals surface area contributed by atoms with Crippen molar-refractivity contribution in [3.63, 3.8) is 0 Å². The van der Waals surface area contributed by atoms with Gasteiger partial charge in [0.25, 0.3) is 0 Å². The maximum atomic E-state index is 12.0. The van der Waals surface area contributed by atoms with Gasteiger partial charge in [0.1, 0.15) is 11.5 Å². The van der Waals surface area contributed by atoms with E-state index in [-0.39, 0.29) is 5.41 Å². The van der Waals surface area contributed by atoms with E-state index in [0.29, 0.717) is 24.5 Å². The van der Waals surface area contributed by atoms with Gasteiger partial charge >= 0.3 is 0 Å². The number of benzene rings is 1. The van der Waals surface area contributed by atoms with Gasteiger partial charge in [-0.3, -0.25) is 4.79 Å². The van der Waals surface area contributed by atoms with E-state index < -0.39 is 0 Å². The summed E-state index contributed by atoms with van der Waals surface area (Å²) in [6, 6.07) is 7.72. The van der Waals surface area contributed by atoms with E-state index in [9.17, 15) is 4.79 Å². The molecule has 1 atom stereocenters. The Morgan fingerprint density at radius 3 is 2.56 bits per heavy atom. The van der Waals surface area contributed by atoms with Crippen LogP contribution in [0, 0.1) is 11.3 Å². The molecular weight excluding hydrogens is 224 g/mol. The molecule has 1 aromatic carbocycles. The van der Waals surface area contributed by atoms with E-state index in [0.717, 1.165) is 11.3 Å². The van der Waals surface area contributed by atoms with Gasteiger partial charge < -0.3 is 4.74 Å². The van der Waals surface area contributed by atoms with Gasteiger partial charge in [-0.15, -0.1) is 0 Å². The Bertz CT molecular complexity index is 402. The predicted molar refractivity (Wildman–Crippen MR) is 74.9 cm³/mol. The topological polar surface area (TPSA) is 26.3 Å². The monoisotopic (exact) mass is 248 g/mol. The highest BCUT2D eigenvalue weighted by Gasteiger charge is 2.22. The van der Waals surface area contributed by atoms with Crippen molar-refractivity contribution < 1.29 is 9.53 Å². The lowest BCUT2D eigenvalue weighted by molar-refractivity contribution is -0.120. The van der Waals surface area contributed by atoms with Gasteiger partial charge in [0.15, 0.2) is 0 Å². The molecule has 2 heteroatoms. The van der Waals surface area contributed by atoms with Crippen LogP contribution in [0.15, 0.2) is 24.3 Å². The summed E-state index contributed by atoms with van der Waals surface area (Å²) in [5.74, 6) is 1.51. The van der Waals surface area contributed by atoms with Crippen molar-refractivity contribution in [3.8, 4) is 5.75 Å². The standard InChI is InChI=1S/C16H24O2/c1-12(16(2,3)4)9-14(17)10-13-7-6-8-15(11-13)18-5/h6-8,11-12H,9-10H2,1-5H3. The molecule has 0 saturated heterocycles. The van der Waals surface area contributed by atoms with Gasteiger partial charge in [0.05, 0.1) is 7.11 Å². The van der Waals surface area contributed by atoms with Crippen LogP contribution in [0.3, 0.4) is 0 Å². The van der Waals surface area contributed by atoms with Crippen LogP contribution in [0.4, 0.5) is 0 Å². The highest BCUT2D eigenvalue weighted by Crippen LogP contribution is 2.28. The van der Waals surface area contributed by atoms with Gasteiger partial charge in [-0.25, -0.2) is 0 Å². The third kappa shape index (κ3) is 4.52. The van der Waals surface area contributed by atoms with Gasteiger partial charge in [0.2, 0.25) is 0 Å². The maximum Gasteiger partial charge on any atom is 0.137 e. The smallest absolute Gasteiger partial charge is 0.137 e. The molecule has 0 N–H and O–H groups in total. The molecule has 0 amide bonds. The Balaban J connectivity index is 2.59. The Labute approximate surface area is 110 Å². The average Bonchev–Trinajstić information content (AvgIpc) is 2.27. The summed E-state index contributed by atoms with van der Waals surface area (Å²) in [6.07, 6.45) is 1.14. The first-order chi connectivity index (χ1) is 8.32. The lowest BCUT2D eigenvalue weighted by Gasteiger charge is -2.26. The van der Waals surface area contributed by atoms with Crippen LogP contribution in [0.1, 0.15) is 39.7 Å². The minimum Gasteiger partial charge on any atom is -0.497 e. The summed E-state index contributed by atoms with van der Waals surface area (Å²) in [4.78, 5) is 12.0. The number of hydrogen-bond acceptors (Lipinski definition) is 2. The summed E-state index contributed by atoms with van der Waals surface area (Å²) < 4.78 is 5.16. The Morgan fingerprint density at radius 1 is 1.33 bits per heavy atom. The second kappa shape index (κ2) is 6.03. The zero-order valence-corrected chi connectivity index (χ0v) is 12.1. The second-order valence-electron chi connectivity index (χ2n) is 6.04. The van der Waals surface area contributed by atoms with Crippen molar-refractivity contribution in [2.75, 3.05) is 7.11 Å². The van der Waals surface area contributed by atoms with Crippen molar-refractivity contribution in [3.05, 3.63) is 29.8 Å². The Morgan fingerprint density at radius 2 is 2.00 bits per heavy atom. The fourth-order valence-electron chi connectivity index (χ4n) is 1.73. The molecule has 0 spiro atoms. The number of hydrogen-bond donors (Lipinski definition) is 0. The summed E-state index contributed by atoms with van der Waals surface area (Å²) in [5.41, 5.74) is 1.21.